The lowest BCUT2D eigenvalue weighted by Crippen LogP contribution is -2.15. The first-order chi connectivity index (χ1) is 8.22. The van der Waals surface area contributed by atoms with Gasteiger partial charge in [0.1, 0.15) is 6.33 Å². The van der Waals surface area contributed by atoms with E-state index in [0.29, 0.717) is 0 Å². The van der Waals surface area contributed by atoms with Gasteiger partial charge < -0.3 is 14.5 Å². The molecule has 1 N–H and O–H groups in total. The fraction of sp³-hybridized carbons (Fsp3) is 0.545. The quantitative estimate of drug-likeness (QED) is 0.853. The minimum Gasteiger partial charge on any atom is -0.346 e. The molecule has 0 aliphatic heterocycles. The SMILES string of the molecule is CCCn1ccnc1NC(C)c1nncn1C. The molecule has 0 amide bonds. The average Bonchev–Trinajstić information content (AvgIpc) is 2.89. The topological polar surface area (TPSA) is 60.6 Å². The highest BCUT2D eigenvalue weighted by atomic mass is 15.3. The van der Waals surface area contributed by atoms with E-state index in [1.165, 1.54) is 0 Å². The zero-order valence-electron chi connectivity index (χ0n) is 10.5. The van der Waals surface area contributed by atoms with Crippen molar-refractivity contribution in [2.75, 3.05) is 5.32 Å². The van der Waals surface area contributed by atoms with E-state index in [1.807, 2.05) is 17.8 Å². The Morgan fingerprint density at radius 2 is 2.29 bits per heavy atom. The molecule has 6 nitrogen and oxygen atoms in total. The van der Waals surface area contributed by atoms with Crippen molar-refractivity contribution in [3.63, 3.8) is 0 Å². The highest BCUT2D eigenvalue weighted by Crippen LogP contribution is 2.15. The highest BCUT2D eigenvalue weighted by molar-refractivity contribution is 5.28. The summed E-state index contributed by atoms with van der Waals surface area (Å²) in [5.41, 5.74) is 0. The molecular formula is C11H18N6. The van der Waals surface area contributed by atoms with Crippen LogP contribution in [0.2, 0.25) is 0 Å². The molecule has 0 aliphatic rings. The first-order valence-electron chi connectivity index (χ1n) is 5.84. The number of aryl methyl sites for hydroxylation is 2. The Morgan fingerprint density at radius 1 is 1.47 bits per heavy atom. The van der Waals surface area contributed by atoms with Crippen LogP contribution in [0.25, 0.3) is 0 Å². The van der Waals surface area contributed by atoms with Crippen LogP contribution in [0.5, 0.6) is 0 Å². The van der Waals surface area contributed by atoms with Crippen molar-refractivity contribution < 1.29 is 0 Å². The van der Waals surface area contributed by atoms with Crippen LogP contribution in [0.15, 0.2) is 18.7 Å². The number of aromatic nitrogens is 5. The molecule has 1 atom stereocenters. The molecule has 2 rings (SSSR count). The number of imidazole rings is 1. The second-order valence-electron chi connectivity index (χ2n) is 4.11. The molecule has 0 saturated heterocycles. The second kappa shape index (κ2) is 4.99. The summed E-state index contributed by atoms with van der Waals surface area (Å²) in [7, 11) is 1.94. The summed E-state index contributed by atoms with van der Waals surface area (Å²) in [6, 6.07) is 0.0838. The average molecular weight is 234 g/mol. The molecule has 0 saturated carbocycles. The predicted octanol–water partition coefficient (Wildman–Crippen LogP) is 1.59. The Balaban J connectivity index is 2.10. The van der Waals surface area contributed by atoms with Crippen molar-refractivity contribution in [3.8, 4) is 0 Å². The summed E-state index contributed by atoms with van der Waals surface area (Å²) in [6.45, 7) is 5.17. The van der Waals surface area contributed by atoms with Crippen LogP contribution in [0.3, 0.4) is 0 Å². The Morgan fingerprint density at radius 3 is 2.94 bits per heavy atom. The maximum Gasteiger partial charge on any atom is 0.203 e. The molecule has 0 fully saturated rings. The van der Waals surface area contributed by atoms with Gasteiger partial charge in [-0.1, -0.05) is 6.92 Å². The Bertz CT molecular complexity index is 472. The van der Waals surface area contributed by atoms with Gasteiger partial charge in [-0.3, -0.25) is 0 Å². The van der Waals surface area contributed by atoms with Crippen LogP contribution in [-0.2, 0) is 13.6 Å². The molecule has 2 aromatic rings. The molecule has 0 aromatic carbocycles. The van der Waals surface area contributed by atoms with Crippen LogP contribution in [0.1, 0.15) is 32.1 Å². The van der Waals surface area contributed by atoms with Crippen molar-refractivity contribution in [1.29, 1.82) is 0 Å². The molecule has 2 heterocycles. The fourth-order valence-electron chi connectivity index (χ4n) is 1.81. The zero-order valence-corrected chi connectivity index (χ0v) is 10.5. The Hall–Kier alpha value is -1.85. The van der Waals surface area contributed by atoms with Crippen LogP contribution in [0.4, 0.5) is 5.95 Å². The van der Waals surface area contributed by atoms with Crippen molar-refractivity contribution in [1.82, 2.24) is 24.3 Å². The molecular weight excluding hydrogens is 216 g/mol. The van der Waals surface area contributed by atoms with E-state index in [0.717, 1.165) is 24.7 Å². The van der Waals surface area contributed by atoms with E-state index in [-0.39, 0.29) is 6.04 Å². The van der Waals surface area contributed by atoms with Crippen molar-refractivity contribution >= 4 is 5.95 Å². The summed E-state index contributed by atoms with van der Waals surface area (Å²) >= 11 is 0. The lowest BCUT2D eigenvalue weighted by atomic mass is 10.3. The van der Waals surface area contributed by atoms with E-state index in [4.69, 9.17) is 0 Å². The first kappa shape index (κ1) is 11.6. The first-order valence-corrected chi connectivity index (χ1v) is 5.84. The van der Waals surface area contributed by atoms with Crippen molar-refractivity contribution in [2.45, 2.75) is 32.9 Å². The number of hydrogen-bond donors (Lipinski definition) is 1. The van der Waals surface area contributed by atoms with Gasteiger partial charge in [0.05, 0.1) is 6.04 Å². The number of nitrogens with one attached hydrogen (secondary N) is 1. The van der Waals surface area contributed by atoms with Crippen LogP contribution < -0.4 is 5.32 Å². The maximum absolute atomic E-state index is 4.31. The van der Waals surface area contributed by atoms with Crippen molar-refractivity contribution in [2.24, 2.45) is 7.05 Å². The Kier molecular flexibility index (Phi) is 3.41. The Labute approximate surface area is 101 Å². The number of nitrogens with zero attached hydrogens (tertiary/aromatic N) is 5. The number of rotatable bonds is 5. The summed E-state index contributed by atoms with van der Waals surface area (Å²) in [5.74, 6) is 1.78. The minimum absolute atomic E-state index is 0.0838. The summed E-state index contributed by atoms with van der Waals surface area (Å²) < 4.78 is 4.01. The summed E-state index contributed by atoms with van der Waals surface area (Å²) in [6.07, 6.45) is 6.58. The molecule has 0 radical (unpaired) electrons. The van der Waals surface area contributed by atoms with E-state index >= 15 is 0 Å². The van der Waals surface area contributed by atoms with Gasteiger partial charge in [0, 0.05) is 26.0 Å². The fourth-order valence-corrected chi connectivity index (χ4v) is 1.81. The number of anilines is 1. The van der Waals surface area contributed by atoms with E-state index < -0.39 is 0 Å². The molecule has 2 aromatic heterocycles. The molecule has 0 spiro atoms. The van der Waals surface area contributed by atoms with Gasteiger partial charge in [-0.15, -0.1) is 10.2 Å². The monoisotopic (exact) mass is 234 g/mol. The lowest BCUT2D eigenvalue weighted by Gasteiger charge is -2.14. The largest absolute Gasteiger partial charge is 0.346 e. The minimum atomic E-state index is 0.0838. The molecule has 0 bridgehead atoms. The van der Waals surface area contributed by atoms with Gasteiger partial charge >= 0.3 is 0 Å². The van der Waals surface area contributed by atoms with Gasteiger partial charge in [-0.2, -0.15) is 0 Å². The maximum atomic E-state index is 4.31. The highest BCUT2D eigenvalue weighted by Gasteiger charge is 2.13. The summed E-state index contributed by atoms with van der Waals surface area (Å²) in [4.78, 5) is 4.31. The predicted molar refractivity (Wildman–Crippen MR) is 65.6 cm³/mol. The lowest BCUT2D eigenvalue weighted by molar-refractivity contribution is 0.659. The molecule has 92 valence electrons. The van der Waals surface area contributed by atoms with Gasteiger partial charge in [0.2, 0.25) is 5.95 Å². The van der Waals surface area contributed by atoms with Gasteiger partial charge in [-0.05, 0) is 13.3 Å². The van der Waals surface area contributed by atoms with Crippen LogP contribution in [0, 0.1) is 0 Å². The van der Waals surface area contributed by atoms with E-state index in [9.17, 15) is 0 Å². The third-order valence-corrected chi connectivity index (χ3v) is 2.66. The van der Waals surface area contributed by atoms with Gasteiger partial charge in [-0.25, -0.2) is 4.98 Å². The smallest absolute Gasteiger partial charge is 0.203 e. The third-order valence-electron chi connectivity index (χ3n) is 2.66. The molecule has 6 heteroatoms. The van der Waals surface area contributed by atoms with Crippen LogP contribution >= 0.6 is 0 Å². The van der Waals surface area contributed by atoms with Crippen LogP contribution in [-0.4, -0.2) is 24.3 Å². The summed E-state index contributed by atoms with van der Waals surface area (Å²) in [5, 5.41) is 11.3. The molecule has 17 heavy (non-hydrogen) atoms. The number of hydrogen-bond acceptors (Lipinski definition) is 4. The van der Waals surface area contributed by atoms with Gasteiger partial charge in [0.25, 0.3) is 0 Å². The molecule has 1 unspecified atom stereocenters. The van der Waals surface area contributed by atoms with Gasteiger partial charge in [0.15, 0.2) is 5.82 Å². The van der Waals surface area contributed by atoms with Crippen molar-refractivity contribution in [3.05, 3.63) is 24.5 Å². The second-order valence-corrected chi connectivity index (χ2v) is 4.11. The zero-order chi connectivity index (χ0) is 12.3. The molecule has 0 aliphatic carbocycles. The third kappa shape index (κ3) is 2.46. The van der Waals surface area contributed by atoms with E-state index in [2.05, 4.69) is 38.9 Å². The van der Waals surface area contributed by atoms with E-state index in [1.54, 1.807) is 12.5 Å². The standard InChI is InChI=1S/C11H18N6/c1-4-6-17-7-5-12-11(17)14-9(2)10-15-13-8-16(10)3/h5,7-9H,4,6H2,1-3H3,(H,12,14). The normalized spacial score (nSPS) is 12.6.